The molecule has 156 valence electrons. The van der Waals surface area contributed by atoms with E-state index in [-0.39, 0.29) is 11.8 Å². The number of rotatable bonds is 8. The van der Waals surface area contributed by atoms with Gasteiger partial charge in [0.05, 0.1) is 5.92 Å². The molecule has 2 aromatic rings. The summed E-state index contributed by atoms with van der Waals surface area (Å²) in [6.07, 6.45) is 2.04. The first kappa shape index (κ1) is 23.0. The van der Waals surface area contributed by atoms with Crippen LogP contribution in [0.15, 0.2) is 46.9 Å². The van der Waals surface area contributed by atoms with Gasteiger partial charge in [-0.3, -0.25) is 9.69 Å². The Morgan fingerprint density at radius 1 is 1.21 bits per heavy atom. The van der Waals surface area contributed by atoms with Gasteiger partial charge in [-0.1, -0.05) is 57.3 Å². The fraction of sp³-hybridized carbons (Fsp3) is 0.409. The highest BCUT2D eigenvalue weighted by molar-refractivity contribution is 9.10. The van der Waals surface area contributed by atoms with Crippen molar-refractivity contribution in [2.24, 2.45) is 5.92 Å². The summed E-state index contributed by atoms with van der Waals surface area (Å²) >= 11 is 17.4. The van der Waals surface area contributed by atoms with Gasteiger partial charge in [0, 0.05) is 45.7 Å². The Morgan fingerprint density at radius 2 is 2.00 bits per heavy atom. The predicted octanol–water partition coefficient (Wildman–Crippen LogP) is 6.02. The Morgan fingerprint density at radius 3 is 2.76 bits per heavy atom. The number of thioether (sulfide) groups is 1. The van der Waals surface area contributed by atoms with Crippen molar-refractivity contribution in [2.45, 2.75) is 25.1 Å². The van der Waals surface area contributed by atoms with E-state index in [1.54, 1.807) is 17.8 Å². The Bertz CT molecular complexity index is 819. The topological polar surface area (TPSA) is 32.3 Å². The van der Waals surface area contributed by atoms with Gasteiger partial charge in [0.2, 0.25) is 5.91 Å². The van der Waals surface area contributed by atoms with Gasteiger partial charge in [-0.2, -0.15) is 11.8 Å². The van der Waals surface area contributed by atoms with Crippen molar-refractivity contribution in [3.8, 4) is 0 Å². The van der Waals surface area contributed by atoms with E-state index in [4.69, 9.17) is 23.2 Å². The molecule has 7 heteroatoms. The fourth-order valence-corrected chi connectivity index (χ4v) is 5.15. The van der Waals surface area contributed by atoms with E-state index >= 15 is 0 Å². The van der Waals surface area contributed by atoms with Crippen LogP contribution in [-0.4, -0.2) is 36.2 Å². The van der Waals surface area contributed by atoms with Crippen LogP contribution in [0, 0.1) is 5.92 Å². The smallest absolute Gasteiger partial charge is 0.224 e. The lowest BCUT2D eigenvalue weighted by Gasteiger charge is -2.32. The van der Waals surface area contributed by atoms with Crippen molar-refractivity contribution in [2.75, 3.05) is 25.4 Å². The quantitative estimate of drug-likeness (QED) is 0.436. The number of benzene rings is 2. The minimum atomic E-state index is 0.0786. The molecule has 2 aromatic carbocycles. The number of halogens is 3. The highest BCUT2D eigenvalue weighted by atomic mass is 79.9. The zero-order valence-electron chi connectivity index (χ0n) is 16.2. The van der Waals surface area contributed by atoms with Gasteiger partial charge < -0.3 is 5.32 Å². The highest BCUT2D eigenvalue weighted by Crippen LogP contribution is 2.24. The molecular formula is C22H25BrCl2N2OS. The third kappa shape index (κ3) is 7.48. The van der Waals surface area contributed by atoms with Gasteiger partial charge in [0.25, 0.3) is 0 Å². The number of carbonyl (C=O) groups excluding carboxylic acids is 1. The van der Waals surface area contributed by atoms with Crippen molar-refractivity contribution in [3.05, 3.63) is 68.1 Å². The summed E-state index contributed by atoms with van der Waals surface area (Å²) in [5, 5.41) is 4.45. The van der Waals surface area contributed by atoms with Gasteiger partial charge in [-0.05, 0) is 54.8 Å². The lowest BCUT2D eigenvalue weighted by molar-refractivity contribution is -0.126. The van der Waals surface area contributed by atoms with Crippen LogP contribution in [0.2, 0.25) is 10.0 Å². The lowest BCUT2D eigenvalue weighted by atomic mass is 9.96. The molecule has 3 rings (SSSR count). The summed E-state index contributed by atoms with van der Waals surface area (Å²) in [7, 11) is 0. The predicted molar refractivity (Wildman–Crippen MR) is 128 cm³/mol. The molecule has 1 N–H and O–H groups in total. The van der Waals surface area contributed by atoms with E-state index in [1.165, 1.54) is 5.56 Å². The van der Waals surface area contributed by atoms with Gasteiger partial charge in [-0.25, -0.2) is 0 Å². The van der Waals surface area contributed by atoms with Crippen molar-refractivity contribution in [3.63, 3.8) is 0 Å². The zero-order valence-corrected chi connectivity index (χ0v) is 20.1. The van der Waals surface area contributed by atoms with Crippen molar-refractivity contribution < 1.29 is 4.79 Å². The molecule has 0 aliphatic carbocycles. The van der Waals surface area contributed by atoms with Crippen LogP contribution in [0.25, 0.3) is 0 Å². The monoisotopic (exact) mass is 514 g/mol. The molecule has 1 aliphatic rings. The molecule has 0 radical (unpaired) electrons. The molecular weight excluding hydrogens is 491 g/mol. The number of nitrogens with one attached hydrogen (secondary N) is 1. The second-order valence-corrected chi connectivity index (χ2v) is 10.1. The van der Waals surface area contributed by atoms with Crippen LogP contribution in [0.3, 0.4) is 0 Å². The normalized spacial score (nSPS) is 17.3. The SMILES string of the molecule is O=C(NCCSCc1ccc(Cl)cc1Cl)C1CCCN(Cc2ccc(Br)cc2)C1. The summed E-state index contributed by atoms with van der Waals surface area (Å²) in [6, 6.07) is 14.0. The molecule has 1 heterocycles. The van der Waals surface area contributed by atoms with Gasteiger partial charge >= 0.3 is 0 Å². The minimum Gasteiger partial charge on any atom is -0.355 e. The van der Waals surface area contributed by atoms with E-state index in [2.05, 4.69) is 50.4 Å². The summed E-state index contributed by atoms with van der Waals surface area (Å²) in [5.41, 5.74) is 2.36. The molecule has 1 amide bonds. The third-order valence-corrected chi connectivity index (χ3v) is 7.14. The summed E-state index contributed by atoms with van der Waals surface area (Å²) in [6.45, 7) is 3.46. The van der Waals surface area contributed by atoms with Crippen molar-refractivity contribution in [1.82, 2.24) is 10.2 Å². The highest BCUT2D eigenvalue weighted by Gasteiger charge is 2.25. The molecule has 0 bridgehead atoms. The Labute approximate surface area is 195 Å². The average Bonchev–Trinajstić information content (AvgIpc) is 2.71. The molecule has 0 aromatic heterocycles. The summed E-state index contributed by atoms with van der Waals surface area (Å²) in [4.78, 5) is 15.0. The lowest BCUT2D eigenvalue weighted by Crippen LogP contribution is -2.43. The zero-order chi connectivity index (χ0) is 20.6. The average molecular weight is 516 g/mol. The molecule has 3 nitrogen and oxygen atoms in total. The molecule has 1 unspecified atom stereocenters. The van der Waals surface area contributed by atoms with Gasteiger partial charge in [-0.15, -0.1) is 0 Å². The maximum absolute atomic E-state index is 12.6. The third-order valence-electron chi connectivity index (χ3n) is 5.01. The van der Waals surface area contributed by atoms with Crippen LogP contribution < -0.4 is 5.32 Å². The Balaban J connectivity index is 1.37. The van der Waals surface area contributed by atoms with Gasteiger partial charge in [0.1, 0.15) is 0 Å². The first-order valence-electron chi connectivity index (χ1n) is 9.77. The maximum Gasteiger partial charge on any atom is 0.224 e. The number of carbonyl (C=O) groups is 1. The Kier molecular flexibility index (Phi) is 9.19. The van der Waals surface area contributed by atoms with Crippen LogP contribution in [0.5, 0.6) is 0 Å². The summed E-state index contributed by atoms with van der Waals surface area (Å²) < 4.78 is 1.09. The van der Waals surface area contributed by atoms with Crippen LogP contribution >= 0.6 is 50.9 Å². The molecule has 1 fully saturated rings. The largest absolute Gasteiger partial charge is 0.355 e. The van der Waals surface area contributed by atoms with Crippen LogP contribution in [0.4, 0.5) is 0 Å². The fourth-order valence-electron chi connectivity index (χ4n) is 3.47. The maximum atomic E-state index is 12.6. The van der Waals surface area contributed by atoms with E-state index < -0.39 is 0 Å². The molecule has 29 heavy (non-hydrogen) atoms. The molecule has 1 atom stereocenters. The van der Waals surface area contributed by atoms with Gasteiger partial charge in [0.15, 0.2) is 0 Å². The number of amides is 1. The van der Waals surface area contributed by atoms with E-state index in [1.807, 2.05) is 12.1 Å². The van der Waals surface area contributed by atoms with E-state index in [9.17, 15) is 4.79 Å². The number of nitrogens with zero attached hydrogens (tertiary/aromatic N) is 1. The number of hydrogen-bond acceptors (Lipinski definition) is 3. The van der Waals surface area contributed by atoms with Crippen molar-refractivity contribution in [1.29, 1.82) is 0 Å². The Hall–Kier alpha value is -0.720. The number of hydrogen-bond donors (Lipinski definition) is 1. The summed E-state index contributed by atoms with van der Waals surface area (Å²) in [5.74, 6) is 1.93. The minimum absolute atomic E-state index is 0.0786. The van der Waals surface area contributed by atoms with E-state index in [0.717, 1.165) is 54.0 Å². The van der Waals surface area contributed by atoms with Crippen LogP contribution in [0.1, 0.15) is 24.0 Å². The standard InChI is InChI=1S/C22H25BrCl2N2OS/c23-19-6-3-16(4-7-19)13-27-10-1-2-17(14-27)22(28)26-9-11-29-15-18-5-8-20(24)12-21(18)25/h3-8,12,17H,1-2,9-11,13-15H2,(H,26,28). The molecule has 1 aliphatic heterocycles. The molecule has 0 spiro atoms. The van der Waals surface area contributed by atoms with E-state index in [0.29, 0.717) is 16.6 Å². The molecule has 0 saturated carbocycles. The second-order valence-electron chi connectivity index (χ2n) is 7.28. The molecule has 1 saturated heterocycles. The number of piperidine rings is 1. The van der Waals surface area contributed by atoms with Crippen LogP contribution in [-0.2, 0) is 17.1 Å². The van der Waals surface area contributed by atoms with Crippen molar-refractivity contribution >= 4 is 56.8 Å². The second kappa shape index (κ2) is 11.6. The first-order chi connectivity index (χ1) is 14.0. The number of likely N-dealkylation sites (tertiary alicyclic amines) is 1. The first-order valence-corrected chi connectivity index (χ1v) is 12.5.